The summed E-state index contributed by atoms with van der Waals surface area (Å²) in [5.41, 5.74) is 5.36. The van der Waals surface area contributed by atoms with Gasteiger partial charge in [0.15, 0.2) is 5.78 Å². The predicted molar refractivity (Wildman–Crippen MR) is 104 cm³/mol. The Hall–Kier alpha value is -2.98. The highest BCUT2D eigenvalue weighted by molar-refractivity contribution is 7.89. The molecule has 1 fully saturated rings. The maximum absolute atomic E-state index is 12.8. The molecule has 29 heavy (non-hydrogen) atoms. The smallest absolute Gasteiger partial charge is 0.286 e. The van der Waals surface area contributed by atoms with Gasteiger partial charge >= 0.3 is 0 Å². The Balaban J connectivity index is 1.56. The van der Waals surface area contributed by atoms with Crippen LogP contribution < -0.4 is 10.9 Å². The molecule has 2 aromatic rings. The number of H-pyrrole nitrogens is 1. The number of piperidine rings is 1. The lowest BCUT2D eigenvalue weighted by Gasteiger charge is -2.30. The van der Waals surface area contributed by atoms with Crippen LogP contribution in [0.3, 0.4) is 0 Å². The monoisotopic (exact) mass is 418 g/mol. The summed E-state index contributed by atoms with van der Waals surface area (Å²) < 4.78 is 27.0. The first-order chi connectivity index (χ1) is 13.8. The maximum atomic E-state index is 12.8. The number of aromatic nitrogens is 1. The number of amides is 2. The number of hydrogen-bond acceptors (Lipinski definition) is 5. The zero-order valence-corrected chi connectivity index (χ0v) is 16.7. The number of carbonyl (C=O) groups is 3. The number of nitrogens with zero attached hydrogens (tertiary/aromatic N) is 1. The molecule has 154 valence electrons. The van der Waals surface area contributed by atoms with E-state index in [0.717, 1.165) is 0 Å². The highest BCUT2D eigenvalue weighted by Gasteiger charge is 2.32. The van der Waals surface area contributed by atoms with Crippen molar-refractivity contribution in [3.05, 3.63) is 53.9 Å². The van der Waals surface area contributed by atoms with E-state index in [1.807, 2.05) is 0 Å². The Kier molecular flexibility index (Phi) is 6.14. The van der Waals surface area contributed by atoms with Gasteiger partial charge in [-0.15, -0.1) is 0 Å². The second-order valence-electron chi connectivity index (χ2n) is 6.79. The number of carbonyl (C=O) groups excluding carboxylic acids is 3. The fourth-order valence-electron chi connectivity index (χ4n) is 3.14. The Morgan fingerprint density at radius 3 is 2.41 bits per heavy atom. The van der Waals surface area contributed by atoms with Gasteiger partial charge in [0.25, 0.3) is 5.91 Å². The van der Waals surface area contributed by atoms with E-state index in [1.165, 1.54) is 29.4 Å². The van der Waals surface area contributed by atoms with Gasteiger partial charge in [0.2, 0.25) is 15.9 Å². The van der Waals surface area contributed by atoms with Crippen molar-refractivity contribution >= 4 is 27.6 Å². The molecule has 1 aliphatic rings. The van der Waals surface area contributed by atoms with Crippen LogP contribution >= 0.6 is 0 Å². The summed E-state index contributed by atoms with van der Waals surface area (Å²) >= 11 is 0. The van der Waals surface area contributed by atoms with E-state index in [-0.39, 0.29) is 29.7 Å². The van der Waals surface area contributed by atoms with Crippen molar-refractivity contribution < 1.29 is 22.8 Å². The Bertz CT molecular complexity index is 1010. The van der Waals surface area contributed by atoms with Gasteiger partial charge < -0.3 is 4.98 Å². The molecule has 3 N–H and O–H groups in total. The van der Waals surface area contributed by atoms with Gasteiger partial charge in [0.05, 0.1) is 4.90 Å². The molecule has 9 nitrogen and oxygen atoms in total. The largest absolute Gasteiger partial charge is 0.357 e. The van der Waals surface area contributed by atoms with Crippen molar-refractivity contribution in [2.24, 2.45) is 5.92 Å². The van der Waals surface area contributed by atoms with Gasteiger partial charge in [-0.05, 0) is 44.0 Å². The molecular weight excluding hydrogens is 396 g/mol. The van der Waals surface area contributed by atoms with Crippen LogP contribution in [0.2, 0.25) is 0 Å². The van der Waals surface area contributed by atoms with Crippen LogP contribution in [-0.4, -0.2) is 48.4 Å². The van der Waals surface area contributed by atoms with Crippen LogP contribution in [0.5, 0.6) is 0 Å². The van der Waals surface area contributed by atoms with E-state index < -0.39 is 21.8 Å². The van der Waals surface area contributed by atoms with Gasteiger partial charge in [0, 0.05) is 30.8 Å². The van der Waals surface area contributed by atoms with Gasteiger partial charge in [0.1, 0.15) is 5.69 Å². The molecule has 1 aliphatic heterocycles. The van der Waals surface area contributed by atoms with Crippen LogP contribution in [0.1, 0.15) is 40.6 Å². The summed E-state index contributed by atoms with van der Waals surface area (Å²) in [5.74, 6) is -1.44. The van der Waals surface area contributed by atoms with Crippen LogP contribution in [0, 0.1) is 5.92 Å². The first kappa shape index (κ1) is 20.7. The average Bonchev–Trinajstić information content (AvgIpc) is 3.27. The third-order valence-electron chi connectivity index (χ3n) is 4.84. The molecule has 0 atom stereocenters. The summed E-state index contributed by atoms with van der Waals surface area (Å²) in [6.45, 7) is 1.73. The summed E-state index contributed by atoms with van der Waals surface area (Å²) in [5, 5.41) is 0. The Labute approximate surface area is 168 Å². The Morgan fingerprint density at radius 1 is 1.07 bits per heavy atom. The molecule has 1 saturated heterocycles. The lowest BCUT2D eigenvalue weighted by molar-refractivity contribution is -0.126. The second-order valence-corrected chi connectivity index (χ2v) is 8.73. The number of nitrogens with one attached hydrogen (secondary N) is 3. The van der Waals surface area contributed by atoms with E-state index >= 15 is 0 Å². The van der Waals surface area contributed by atoms with Gasteiger partial charge in [-0.2, -0.15) is 4.31 Å². The molecule has 1 aromatic carbocycles. The standard InChI is InChI=1S/C19H22N4O5S/c1-13(24)15-4-2-5-16(12-15)29(27,28)23-10-7-14(8-11-23)18(25)21-22-19(26)17-6-3-9-20-17/h2-6,9,12,14,20H,7-8,10-11H2,1H3,(H,21,25)(H,22,26). The first-order valence-electron chi connectivity index (χ1n) is 9.14. The molecule has 0 bridgehead atoms. The lowest BCUT2D eigenvalue weighted by Crippen LogP contribution is -2.48. The molecule has 0 spiro atoms. The van der Waals surface area contributed by atoms with Crippen molar-refractivity contribution in [2.75, 3.05) is 13.1 Å². The van der Waals surface area contributed by atoms with Crippen molar-refractivity contribution in [2.45, 2.75) is 24.7 Å². The number of hydrazine groups is 1. The van der Waals surface area contributed by atoms with Crippen LogP contribution in [0.25, 0.3) is 0 Å². The molecule has 2 heterocycles. The number of Topliss-reactive ketones (excluding diaryl/α,β-unsaturated/α-hetero) is 1. The number of benzene rings is 1. The number of ketones is 1. The molecule has 0 aliphatic carbocycles. The summed E-state index contributed by atoms with van der Waals surface area (Å²) in [6, 6.07) is 9.17. The van der Waals surface area contributed by atoms with E-state index in [4.69, 9.17) is 0 Å². The zero-order valence-electron chi connectivity index (χ0n) is 15.8. The third-order valence-corrected chi connectivity index (χ3v) is 6.74. The van der Waals surface area contributed by atoms with Gasteiger partial charge in [-0.3, -0.25) is 25.2 Å². The first-order valence-corrected chi connectivity index (χ1v) is 10.6. The molecule has 10 heteroatoms. The van der Waals surface area contributed by atoms with Crippen LogP contribution in [0.4, 0.5) is 0 Å². The minimum atomic E-state index is -3.75. The maximum Gasteiger partial charge on any atom is 0.286 e. The predicted octanol–water partition coefficient (Wildman–Crippen LogP) is 1.08. The molecule has 3 rings (SSSR count). The second kappa shape index (κ2) is 8.58. The van der Waals surface area contributed by atoms with Crippen molar-refractivity contribution in [3.63, 3.8) is 0 Å². The normalized spacial score (nSPS) is 15.6. The zero-order chi connectivity index (χ0) is 21.0. The Morgan fingerprint density at radius 2 is 1.79 bits per heavy atom. The van der Waals surface area contributed by atoms with Crippen molar-refractivity contribution in [3.8, 4) is 0 Å². The average molecular weight is 418 g/mol. The van der Waals surface area contributed by atoms with E-state index in [9.17, 15) is 22.8 Å². The molecule has 1 aromatic heterocycles. The molecule has 0 radical (unpaired) electrons. The third kappa shape index (κ3) is 4.72. The number of hydrogen-bond donors (Lipinski definition) is 3. The topological polar surface area (TPSA) is 128 Å². The fraction of sp³-hybridized carbons (Fsp3) is 0.316. The minimum absolute atomic E-state index is 0.0614. The van der Waals surface area contributed by atoms with Crippen LogP contribution in [-0.2, 0) is 14.8 Å². The SMILES string of the molecule is CC(=O)c1cccc(S(=O)(=O)N2CCC(C(=O)NNC(=O)c3ccc[nH]3)CC2)c1. The van der Waals surface area contributed by atoms with E-state index in [0.29, 0.717) is 24.1 Å². The molecular formula is C19H22N4O5S. The van der Waals surface area contributed by atoms with E-state index in [2.05, 4.69) is 15.8 Å². The highest BCUT2D eigenvalue weighted by atomic mass is 32.2. The molecule has 0 unspecified atom stereocenters. The van der Waals surface area contributed by atoms with Crippen LogP contribution in [0.15, 0.2) is 47.5 Å². The van der Waals surface area contributed by atoms with Crippen molar-refractivity contribution in [1.29, 1.82) is 0 Å². The summed E-state index contributed by atoms with van der Waals surface area (Å²) in [7, 11) is -3.75. The number of aromatic amines is 1. The van der Waals surface area contributed by atoms with Gasteiger partial charge in [-0.25, -0.2) is 8.42 Å². The minimum Gasteiger partial charge on any atom is -0.357 e. The number of sulfonamides is 1. The summed E-state index contributed by atoms with van der Waals surface area (Å²) in [4.78, 5) is 38.4. The fourth-order valence-corrected chi connectivity index (χ4v) is 4.66. The van der Waals surface area contributed by atoms with Gasteiger partial charge in [-0.1, -0.05) is 12.1 Å². The van der Waals surface area contributed by atoms with E-state index in [1.54, 1.807) is 24.4 Å². The molecule has 0 saturated carbocycles. The lowest BCUT2D eigenvalue weighted by atomic mass is 9.98. The summed E-state index contributed by atoms with van der Waals surface area (Å²) in [6.07, 6.45) is 2.25. The van der Waals surface area contributed by atoms with Crippen molar-refractivity contribution in [1.82, 2.24) is 20.1 Å². The number of rotatable bonds is 5. The molecule has 2 amide bonds. The quantitative estimate of drug-likeness (QED) is 0.494. The highest BCUT2D eigenvalue weighted by Crippen LogP contribution is 2.24.